The molecule has 0 N–H and O–H groups in total. The molecule has 162 valence electrons. The van der Waals surface area contributed by atoms with Gasteiger partial charge >= 0.3 is 0 Å². The van der Waals surface area contributed by atoms with E-state index in [9.17, 15) is 18.8 Å². The summed E-state index contributed by atoms with van der Waals surface area (Å²) in [5, 5.41) is 0. The smallest absolute Gasteiger partial charge is 0.260 e. The van der Waals surface area contributed by atoms with Crippen molar-refractivity contribution in [2.45, 2.75) is 18.9 Å². The summed E-state index contributed by atoms with van der Waals surface area (Å²) in [4.78, 5) is 42.4. The van der Waals surface area contributed by atoms with Gasteiger partial charge in [-0.25, -0.2) is 4.39 Å². The number of halogens is 1. The van der Waals surface area contributed by atoms with Crippen molar-refractivity contribution in [2.24, 2.45) is 5.92 Å². The molecule has 4 rings (SSSR count). The zero-order chi connectivity index (χ0) is 21.1. The Morgan fingerprint density at radius 1 is 1.00 bits per heavy atom. The fourth-order valence-corrected chi connectivity index (χ4v) is 4.01. The number of hydrogen-bond donors (Lipinski definition) is 0. The highest BCUT2D eigenvalue weighted by Crippen LogP contribution is 2.22. The second kappa shape index (κ2) is 8.99. The lowest BCUT2D eigenvalue weighted by Crippen LogP contribution is -2.60. The third-order valence-corrected chi connectivity index (χ3v) is 5.88. The first-order valence-electron chi connectivity index (χ1n) is 10.4. The highest BCUT2D eigenvalue weighted by Gasteiger charge is 2.39. The Morgan fingerprint density at radius 2 is 1.67 bits per heavy atom. The van der Waals surface area contributed by atoms with Gasteiger partial charge in [-0.05, 0) is 25.0 Å². The van der Waals surface area contributed by atoms with Gasteiger partial charge in [-0.1, -0.05) is 12.1 Å². The fourth-order valence-electron chi connectivity index (χ4n) is 4.01. The van der Waals surface area contributed by atoms with Crippen molar-refractivity contribution in [3.05, 3.63) is 30.1 Å². The number of hydrogen-bond acceptors (Lipinski definition) is 5. The molecule has 0 radical (unpaired) electrons. The number of piperazine rings is 1. The van der Waals surface area contributed by atoms with E-state index in [0.29, 0.717) is 45.9 Å². The molecular formula is C21H26FN3O5. The van der Waals surface area contributed by atoms with Crippen LogP contribution < -0.4 is 4.74 Å². The van der Waals surface area contributed by atoms with Crippen molar-refractivity contribution in [2.75, 3.05) is 52.5 Å². The number of amides is 3. The van der Waals surface area contributed by atoms with Crippen LogP contribution >= 0.6 is 0 Å². The lowest BCUT2D eigenvalue weighted by Gasteiger charge is -2.43. The standard InChI is InChI=1S/C21H26FN3O5/c22-16-4-1-2-5-17(16)30-14-19(26)25-12-15(13-25)20(27)23-7-9-24(10-8-23)21(28)18-6-3-11-29-18/h1-2,4-5,15,18H,3,6-14H2. The van der Waals surface area contributed by atoms with Crippen LogP contribution in [0.1, 0.15) is 12.8 Å². The van der Waals surface area contributed by atoms with Crippen LogP contribution in [0.2, 0.25) is 0 Å². The fraction of sp³-hybridized carbons (Fsp3) is 0.571. The Morgan fingerprint density at radius 3 is 2.30 bits per heavy atom. The van der Waals surface area contributed by atoms with Gasteiger partial charge < -0.3 is 24.2 Å². The SMILES string of the molecule is O=C(COc1ccccc1F)N1CC(C(=O)N2CCN(C(=O)C3CCCO3)CC2)C1. The second-order valence-electron chi connectivity index (χ2n) is 7.87. The molecule has 1 atom stereocenters. The van der Waals surface area contributed by atoms with E-state index in [1.165, 1.54) is 12.1 Å². The minimum absolute atomic E-state index is 0.0123. The molecule has 0 spiro atoms. The molecule has 3 saturated heterocycles. The quantitative estimate of drug-likeness (QED) is 0.695. The van der Waals surface area contributed by atoms with E-state index < -0.39 is 5.82 Å². The molecule has 9 heteroatoms. The molecule has 0 saturated carbocycles. The average Bonchev–Trinajstić information content (AvgIpc) is 3.26. The predicted molar refractivity (Wildman–Crippen MR) is 104 cm³/mol. The van der Waals surface area contributed by atoms with Crippen molar-refractivity contribution in [3.8, 4) is 5.75 Å². The summed E-state index contributed by atoms with van der Waals surface area (Å²) in [6.45, 7) is 3.08. The van der Waals surface area contributed by atoms with Crippen molar-refractivity contribution in [1.29, 1.82) is 0 Å². The molecule has 30 heavy (non-hydrogen) atoms. The third-order valence-electron chi connectivity index (χ3n) is 5.88. The van der Waals surface area contributed by atoms with E-state index in [-0.39, 0.29) is 42.1 Å². The lowest BCUT2D eigenvalue weighted by molar-refractivity contribution is -0.153. The molecule has 3 fully saturated rings. The number of rotatable bonds is 5. The number of carbonyl (C=O) groups is 3. The first kappa shape index (κ1) is 20.6. The Kier molecular flexibility index (Phi) is 6.17. The second-order valence-corrected chi connectivity index (χ2v) is 7.87. The number of carbonyl (C=O) groups excluding carboxylic acids is 3. The van der Waals surface area contributed by atoms with Crippen LogP contribution in [0.25, 0.3) is 0 Å². The highest BCUT2D eigenvalue weighted by atomic mass is 19.1. The molecule has 0 aliphatic carbocycles. The Bertz CT molecular complexity index is 800. The van der Waals surface area contributed by atoms with Gasteiger partial charge in [0, 0.05) is 45.9 Å². The Balaban J connectivity index is 1.18. The van der Waals surface area contributed by atoms with Crippen LogP contribution in [0, 0.1) is 11.7 Å². The molecule has 3 amide bonds. The zero-order valence-corrected chi connectivity index (χ0v) is 16.8. The summed E-state index contributed by atoms with van der Waals surface area (Å²) in [7, 11) is 0. The predicted octanol–water partition coefficient (Wildman–Crippen LogP) is 0.513. The molecule has 3 heterocycles. The minimum Gasteiger partial charge on any atom is -0.481 e. The summed E-state index contributed by atoms with van der Waals surface area (Å²) in [5.41, 5.74) is 0. The monoisotopic (exact) mass is 419 g/mol. The van der Waals surface area contributed by atoms with E-state index in [2.05, 4.69) is 0 Å². The number of benzene rings is 1. The first-order chi connectivity index (χ1) is 14.5. The number of likely N-dealkylation sites (tertiary alicyclic amines) is 1. The molecule has 8 nitrogen and oxygen atoms in total. The van der Waals surface area contributed by atoms with E-state index >= 15 is 0 Å². The summed E-state index contributed by atoms with van der Waals surface area (Å²) in [6, 6.07) is 5.92. The van der Waals surface area contributed by atoms with Gasteiger partial charge in [-0.3, -0.25) is 14.4 Å². The number of para-hydroxylation sites is 1. The molecule has 0 bridgehead atoms. The van der Waals surface area contributed by atoms with Crippen LogP contribution in [0.15, 0.2) is 24.3 Å². The summed E-state index contributed by atoms with van der Waals surface area (Å²) >= 11 is 0. The van der Waals surface area contributed by atoms with Crippen molar-refractivity contribution in [1.82, 2.24) is 14.7 Å². The van der Waals surface area contributed by atoms with Gasteiger partial charge in [0.1, 0.15) is 6.10 Å². The molecule has 1 aromatic rings. The molecule has 1 unspecified atom stereocenters. The largest absolute Gasteiger partial charge is 0.481 e. The molecule has 3 aliphatic heterocycles. The number of ether oxygens (including phenoxy) is 2. The van der Waals surface area contributed by atoms with E-state index in [1.54, 1.807) is 26.8 Å². The maximum absolute atomic E-state index is 13.5. The van der Waals surface area contributed by atoms with Crippen LogP contribution in [-0.2, 0) is 19.1 Å². The molecule has 0 aromatic heterocycles. The minimum atomic E-state index is -0.515. The van der Waals surface area contributed by atoms with Crippen molar-refractivity contribution < 1.29 is 28.2 Å². The van der Waals surface area contributed by atoms with Gasteiger partial charge in [0.25, 0.3) is 11.8 Å². The molecule has 1 aromatic carbocycles. The maximum Gasteiger partial charge on any atom is 0.260 e. The molecular weight excluding hydrogens is 393 g/mol. The lowest BCUT2D eigenvalue weighted by atomic mass is 9.98. The van der Waals surface area contributed by atoms with Crippen molar-refractivity contribution in [3.63, 3.8) is 0 Å². The van der Waals surface area contributed by atoms with E-state index in [1.807, 2.05) is 0 Å². The average molecular weight is 419 g/mol. The summed E-state index contributed by atoms with van der Waals surface area (Å²) in [6.07, 6.45) is 1.35. The topological polar surface area (TPSA) is 79.4 Å². The van der Waals surface area contributed by atoms with Crippen LogP contribution in [0.5, 0.6) is 5.75 Å². The van der Waals surface area contributed by atoms with Crippen LogP contribution in [-0.4, -0.2) is 91.0 Å². The van der Waals surface area contributed by atoms with Gasteiger partial charge in [0.2, 0.25) is 5.91 Å². The van der Waals surface area contributed by atoms with Gasteiger partial charge in [-0.15, -0.1) is 0 Å². The van der Waals surface area contributed by atoms with E-state index in [0.717, 1.165) is 12.8 Å². The van der Waals surface area contributed by atoms with Gasteiger partial charge in [0.15, 0.2) is 18.2 Å². The first-order valence-corrected chi connectivity index (χ1v) is 10.4. The maximum atomic E-state index is 13.5. The number of nitrogens with zero attached hydrogens (tertiary/aromatic N) is 3. The van der Waals surface area contributed by atoms with Gasteiger partial charge in [0.05, 0.1) is 5.92 Å². The highest BCUT2D eigenvalue weighted by molar-refractivity contribution is 5.85. The van der Waals surface area contributed by atoms with Crippen molar-refractivity contribution >= 4 is 17.7 Å². The summed E-state index contributed by atoms with van der Waals surface area (Å²) < 4.78 is 24.2. The third kappa shape index (κ3) is 4.40. The van der Waals surface area contributed by atoms with Crippen LogP contribution in [0.4, 0.5) is 4.39 Å². The van der Waals surface area contributed by atoms with E-state index in [4.69, 9.17) is 9.47 Å². The Labute approximate surface area is 174 Å². The zero-order valence-electron chi connectivity index (χ0n) is 16.8. The molecule has 3 aliphatic rings. The summed E-state index contributed by atoms with van der Waals surface area (Å²) in [5.74, 6) is -0.946. The van der Waals surface area contributed by atoms with Crippen LogP contribution in [0.3, 0.4) is 0 Å². The Hall–Kier alpha value is -2.68. The van der Waals surface area contributed by atoms with Gasteiger partial charge in [-0.2, -0.15) is 0 Å². The normalized spacial score (nSPS) is 22.0.